The van der Waals surface area contributed by atoms with Crippen molar-refractivity contribution < 1.29 is 37.9 Å². The standard InChI is InChI=1S/C48H58O8/c1(3-5-7-9-47(35-11-19-39(20-12-35)49-27-43-31-53-43)36-13-21-40(22-14-36)50-28-44-32-54-44)2-4-6-8-10-48(37-15-23-41(24-16-37)51-29-45-33-55-45)38-17-25-42(26-18-38)52-30-46-34-56-46/h11-26,43-48H,1-10,27-34H2. The summed E-state index contributed by atoms with van der Waals surface area (Å²) in [5.41, 5.74) is 5.33. The van der Waals surface area contributed by atoms with E-state index in [2.05, 4.69) is 97.1 Å². The van der Waals surface area contributed by atoms with Crippen LogP contribution in [0.2, 0.25) is 0 Å². The van der Waals surface area contributed by atoms with Gasteiger partial charge in [0.05, 0.1) is 26.4 Å². The highest BCUT2D eigenvalue weighted by molar-refractivity contribution is 5.40. The van der Waals surface area contributed by atoms with Crippen LogP contribution < -0.4 is 18.9 Å². The molecule has 4 aromatic carbocycles. The molecule has 8 heteroatoms. The first-order valence-corrected chi connectivity index (χ1v) is 21.1. The van der Waals surface area contributed by atoms with Crippen molar-refractivity contribution in [1.82, 2.24) is 0 Å². The zero-order valence-corrected chi connectivity index (χ0v) is 32.7. The number of rotatable bonds is 27. The second-order valence-corrected chi connectivity index (χ2v) is 15.9. The Morgan fingerprint density at radius 2 is 0.554 bits per heavy atom. The van der Waals surface area contributed by atoms with Gasteiger partial charge in [0.25, 0.3) is 0 Å². The molecular weight excluding hydrogens is 705 g/mol. The zero-order valence-electron chi connectivity index (χ0n) is 32.7. The molecular formula is C48H58O8. The van der Waals surface area contributed by atoms with Crippen LogP contribution in [0.25, 0.3) is 0 Å². The van der Waals surface area contributed by atoms with Gasteiger partial charge < -0.3 is 37.9 Å². The second kappa shape index (κ2) is 19.9. The minimum absolute atomic E-state index is 0.256. The lowest BCUT2D eigenvalue weighted by molar-refractivity contribution is 0.263. The van der Waals surface area contributed by atoms with E-state index in [-0.39, 0.29) is 24.4 Å². The lowest BCUT2D eigenvalue weighted by Gasteiger charge is -2.19. The van der Waals surface area contributed by atoms with Crippen molar-refractivity contribution >= 4 is 0 Å². The molecule has 0 saturated carbocycles. The van der Waals surface area contributed by atoms with Gasteiger partial charge in [-0.25, -0.2) is 0 Å². The molecule has 4 atom stereocenters. The van der Waals surface area contributed by atoms with Crippen molar-refractivity contribution in [2.45, 2.75) is 100 Å². The fraction of sp³-hybridized carbons (Fsp3) is 0.500. The smallest absolute Gasteiger partial charge is 0.119 e. The van der Waals surface area contributed by atoms with Gasteiger partial charge in [0, 0.05) is 11.8 Å². The van der Waals surface area contributed by atoms with Gasteiger partial charge in [-0.15, -0.1) is 0 Å². The number of benzene rings is 4. The largest absolute Gasteiger partial charge is 0.491 e. The van der Waals surface area contributed by atoms with Crippen LogP contribution in [0.5, 0.6) is 23.0 Å². The molecule has 4 unspecified atom stereocenters. The molecule has 4 saturated heterocycles. The number of unbranched alkanes of at least 4 members (excludes halogenated alkanes) is 7. The Morgan fingerprint density at radius 3 is 0.768 bits per heavy atom. The highest BCUT2D eigenvalue weighted by Gasteiger charge is 2.26. The first kappa shape index (κ1) is 38.8. The molecule has 0 bridgehead atoms. The van der Waals surface area contributed by atoms with E-state index in [1.165, 1.54) is 73.6 Å². The summed E-state index contributed by atoms with van der Waals surface area (Å²) < 4.78 is 44.9. The predicted octanol–water partition coefficient (Wildman–Crippen LogP) is 9.66. The maximum absolute atomic E-state index is 5.92. The van der Waals surface area contributed by atoms with E-state index < -0.39 is 0 Å². The second-order valence-electron chi connectivity index (χ2n) is 15.9. The van der Waals surface area contributed by atoms with Crippen LogP contribution in [0.1, 0.15) is 98.3 Å². The Hall–Kier alpha value is -4.08. The molecule has 0 aliphatic carbocycles. The first-order valence-electron chi connectivity index (χ1n) is 21.1. The minimum Gasteiger partial charge on any atom is -0.491 e. The summed E-state index contributed by atoms with van der Waals surface area (Å²) in [6.07, 6.45) is 13.3. The molecule has 298 valence electrons. The van der Waals surface area contributed by atoms with E-state index >= 15 is 0 Å². The van der Waals surface area contributed by atoms with Crippen LogP contribution in [-0.2, 0) is 18.9 Å². The van der Waals surface area contributed by atoms with E-state index in [1.54, 1.807) is 0 Å². The number of hydrogen-bond acceptors (Lipinski definition) is 8. The summed E-state index contributed by atoms with van der Waals surface area (Å²) in [4.78, 5) is 0. The van der Waals surface area contributed by atoms with Gasteiger partial charge in [0.1, 0.15) is 73.8 Å². The third kappa shape index (κ3) is 12.7. The lowest BCUT2D eigenvalue weighted by Crippen LogP contribution is -2.06. The number of epoxide rings is 4. The van der Waals surface area contributed by atoms with Gasteiger partial charge in [0.2, 0.25) is 0 Å². The Balaban J connectivity index is 0.774. The average Bonchev–Trinajstić information content (AvgIpc) is 4.01. The third-order valence-electron chi connectivity index (χ3n) is 11.2. The normalized spacial score (nSPS) is 21.5. The Kier molecular flexibility index (Phi) is 13.8. The van der Waals surface area contributed by atoms with Crippen LogP contribution in [0.3, 0.4) is 0 Å². The number of ether oxygens (including phenoxy) is 8. The molecule has 4 aromatic rings. The molecule has 0 aromatic heterocycles. The van der Waals surface area contributed by atoms with E-state index in [9.17, 15) is 0 Å². The van der Waals surface area contributed by atoms with Gasteiger partial charge in [-0.05, 0) is 83.6 Å². The van der Waals surface area contributed by atoms with Crippen molar-refractivity contribution in [3.8, 4) is 23.0 Å². The summed E-state index contributed by atoms with van der Waals surface area (Å²) in [6, 6.07) is 34.7. The van der Waals surface area contributed by atoms with Crippen molar-refractivity contribution in [1.29, 1.82) is 0 Å². The van der Waals surface area contributed by atoms with Crippen LogP contribution >= 0.6 is 0 Å². The molecule has 0 amide bonds. The van der Waals surface area contributed by atoms with E-state index in [0.717, 1.165) is 62.3 Å². The molecule has 56 heavy (non-hydrogen) atoms. The van der Waals surface area contributed by atoms with Gasteiger partial charge in [-0.3, -0.25) is 0 Å². The summed E-state index contributed by atoms with van der Waals surface area (Å²) in [6.45, 7) is 5.73. The predicted molar refractivity (Wildman–Crippen MR) is 217 cm³/mol. The lowest BCUT2D eigenvalue weighted by atomic mass is 9.86. The summed E-state index contributed by atoms with van der Waals surface area (Å²) in [5.74, 6) is 4.30. The summed E-state index contributed by atoms with van der Waals surface area (Å²) >= 11 is 0. The molecule has 0 spiro atoms. The molecule has 4 fully saturated rings. The molecule has 8 rings (SSSR count). The van der Waals surface area contributed by atoms with Gasteiger partial charge in [0.15, 0.2) is 0 Å². The van der Waals surface area contributed by atoms with Gasteiger partial charge in [-0.1, -0.05) is 99.9 Å². The van der Waals surface area contributed by atoms with Crippen molar-refractivity contribution in [2.24, 2.45) is 0 Å². The van der Waals surface area contributed by atoms with Crippen LogP contribution in [0, 0.1) is 0 Å². The topological polar surface area (TPSA) is 87.0 Å². The zero-order chi connectivity index (χ0) is 37.8. The van der Waals surface area contributed by atoms with E-state index in [4.69, 9.17) is 37.9 Å². The monoisotopic (exact) mass is 762 g/mol. The third-order valence-corrected chi connectivity index (χ3v) is 11.2. The van der Waals surface area contributed by atoms with Gasteiger partial charge >= 0.3 is 0 Å². The Labute approximate surface area is 332 Å². The summed E-state index contributed by atoms with van der Waals surface area (Å²) in [7, 11) is 0. The number of hydrogen-bond donors (Lipinski definition) is 0. The Bertz CT molecular complexity index is 1480. The first-order chi connectivity index (χ1) is 27.7. The molecule has 8 nitrogen and oxygen atoms in total. The maximum atomic E-state index is 5.92. The Morgan fingerprint density at radius 1 is 0.339 bits per heavy atom. The maximum Gasteiger partial charge on any atom is 0.119 e. The SMILES string of the molecule is c1cc(C(CCCCCCCCCCC(c2ccc(OCC3CO3)cc2)c2ccc(OCC3CO3)cc2)c2ccc(OCC3CO3)cc2)ccc1OCC1CO1. The van der Waals surface area contributed by atoms with Crippen LogP contribution in [0.4, 0.5) is 0 Å². The van der Waals surface area contributed by atoms with Crippen molar-refractivity contribution in [3.05, 3.63) is 119 Å². The summed E-state index contributed by atoms with van der Waals surface area (Å²) in [5, 5.41) is 0. The highest BCUT2D eigenvalue weighted by atomic mass is 16.6. The molecule has 4 aliphatic rings. The average molecular weight is 763 g/mol. The van der Waals surface area contributed by atoms with Crippen LogP contribution in [0.15, 0.2) is 97.1 Å². The van der Waals surface area contributed by atoms with E-state index in [0.29, 0.717) is 38.3 Å². The van der Waals surface area contributed by atoms with Crippen LogP contribution in [-0.4, -0.2) is 77.3 Å². The highest BCUT2D eigenvalue weighted by Crippen LogP contribution is 2.35. The fourth-order valence-electron chi connectivity index (χ4n) is 7.41. The fourth-order valence-corrected chi connectivity index (χ4v) is 7.41. The van der Waals surface area contributed by atoms with Crippen molar-refractivity contribution in [2.75, 3.05) is 52.9 Å². The van der Waals surface area contributed by atoms with E-state index in [1.807, 2.05) is 0 Å². The molecule has 4 aliphatic heterocycles. The molecule has 0 N–H and O–H groups in total. The molecule has 4 heterocycles. The quantitative estimate of drug-likeness (QED) is 0.0439. The minimum atomic E-state index is 0.256. The molecule has 0 radical (unpaired) electrons. The van der Waals surface area contributed by atoms with Gasteiger partial charge in [-0.2, -0.15) is 0 Å². The van der Waals surface area contributed by atoms with Crippen molar-refractivity contribution in [3.63, 3.8) is 0 Å².